The summed E-state index contributed by atoms with van der Waals surface area (Å²) in [6.45, 7) is 2.43. The van der Waals surface area contributed by atoms with Gasteiger partial charge in [0.1, 0.15) is 0 Å². The molecule has 3 nitrogen and oxygen atoms in total. The van der Waals surface area contributed by atoms with Crippen molar-refractivity contribution in [2.75, 3.05) is 19.8 Å². The van der Waals surface area contributed by atoms with Crippen molar-refractivity contribution >= 4 is 31.9 Å². The first-order chi connectivity index (χ1) is 10.1. The van der Waals surface area contributed by atoms with E-state index in [0.29, 0.717) is 5.92 Å². The zero-order chi connectivity index (χ0) is 14.9. The van der Waals surface area contributed by atoms with E-state index in [1.807, 2.05) is 6.07 Å². The second kappa shape index (κ2) is 6.67. The van der Waals surface area contributed by atoms with E-state index in [1.54, 1.807) is 0 Å². The molecule has 3 rings (SSSR count). The highest BCUT2D eigenvalue weighted by molar-refractivity contribution is 9.11. The summed E-state index contributed by atoms with van der Waals surface area (Å²) in [5, 5.41) is 0. The Kier molecular flexibility index (Phi) is 5.06. The first-order valence-corrected chi connectivity index (χ1v) is 9.10. The maximum atomic E-state index is 6.59. The molecule has 2 fully saturated rings. The zero-order valence-corrected chi connectivity index (χ0v) is 15.2. The molecule has 0 amide bonds. The van der Waals surface area contributed by atoms with Crippen LogP contribution in [0.2, 0.25) is 0 Å². The average Bonchev–Trinajstić information content (AvgIpc) is 2.50. The number of benzene rings is 1. The highest BCUT2D eigenvalue weighted by Gasteiger charge is 2.41. The number of hydrogen-bond donors (Lipinski definition) is 1. The third kappa shape index (κ3) is 3.53. The van der Waals surface area contributed by atoms with Gasteiger partial charge in [0.15, 0.2) is 0 Å². The largest absolute Gasteiger partial charge is 0.381 e. The van der Waals surface area contributed by atoms with E-state index in [0.717, 1.165) is 54.4 Å². The van der Waals surface area contributed by atoms with E-state index in [2.05, 4.69) is 44.0 Å². The molecule has 0 aliphatic carbocycles. The van der Waals surface area contributed by atoms with E-state index in [4.69, 9.17) is 15.2 Å². The summed E-state index contributed by atoms with van der Waals surface area (Å²) in [6.07, 6.45) is 4.06. The quantitative estimate of drug-likeness (QED) is 0.783. The lowest BCUT2D eigenvalue weighted by molar-refractivity contribution is -0.149. The molecule has 2 atom stereocenters. The molecule has 0 bridgehead atoms. The second-order valence-corrected chi connectivity index (χ2v) is 7.86. The molecule has 116 valence electrons. The Hall–Kier alpha value is 0.0600. The van der Waals surface area contributed by atoms with Gasteiger partial charge in [-0.2, -0.15) is 0 Å². The van der Waals surface area contributed by atoms with Gasteiger partial charge in [-0.15, -0.1) is 0 Å². The van der Waals surface area contributed by atoms with Crippen LogP contribution in [0.15, 0.2) is 27.1 Å². The van der Waals surface area contributed by atoms with Crippen molar-refractivity contribution in [1.29, 1.82) is 0 Å². The summed E-state index contributed by atoms with van der Waals surface area (Å²) in [7, 11) is 0. The van der Waals surface area contributed by atoms with Crippen LogP contribution in [0.3, 0.4) is 0 Å². The summed E-state index contributed by atoms with van der Waals surface area (Å²) >= 11 is 7.17. The third-order valence-corrected chi connectivity index (χ3v) is 5.98. The molecule has 1 aromatic rings. The highest BCUT2D eigenvalue weighted by atomic mass is 79.9. The molecule has 2 N–H and O–H groups in total. The van der Waals surface area contributed by atoms with Gasteiger partial charge in [-0.3, -0.25) is 0 Å². The van der Waals surface area contributed by atoms with Gasteiger partial charge in [0, 0.05) is 34.8 Å². The van der Waals surface area contributed by atoms with Crippen LogP contribution in [-0.2, 0) is 9.47 Å². The molecule has 0 radical (unpaired) electrons. The lowest BCUT2D eigenvalue weighted by Crippen LogP contribution is -2.46. The number of rotatable bonds is 2. The minimum Gasteiger partial charge on any atom is -0.381 e. The van der Waals surface area contributed by atoms with Crippen molar-refractivity contribution in [2.24, 2.45) is 11.7 Å². The molecule has 2 heterocycles. The lowest BCUT2D eigenvalue weighted by atomic mass is 9.76. The Morgan fingerprint density at radius 2 is 1.95 bits per heavy atom. The summed E-state index contributed by atoms with van der Waals surface area (Å²) in [5.74, 6) is 0.461. The minimum atomic E-state index is -0.00270. The molecule has 1 aromatic carbocycles. The fourth-order valence-corrected chi connectivity index (χ4v) is 4.38. The van der Waals surface area contributed by atoms with Crippen molar-refractivity contribution in [3.63, 3.8) is 0 Å². The third-order valence-electron chi connectivity index (χ3n) is 4.76. The van der Waals surface area contributed by atoms with Gasteiger partial charge in [0.2, 0.25) is 0 Å². The van der Waals surface area contributed by atoms with Gasteiger partial charge >= 0.3 is 0 Å². The van der Waals surface area contributed by atoms with Crippen molar-refractivity contribution in [2.45, 2.75) is 37.3 Å². The van der Waals surface area contributed by atoms with Crippen LogP contribution in [0, 0.1) is 5.92 Å². The molecule has 2 aliphatic rings. The molecular formula is C16H21Br2NO2. The van der Waals surface area contributed by atoms with Crippen LogP contribution in [0.1, 0.15) is 37.3 Å². The Balaban J connectivity index is 1.77. The van der Waals surface area contributed by atoms with Gasteiger partial charge < -0.3 is 15.2 Å². The maximum Gasteiger partial charge on any atom is 0.0729 e. The van der Waals surface area contributed by atoms with Gasteiger partial charge in [0.25, 0.3) is 0 Å². The topological polar surface area (TPSA) is 44.5 Å². The molecule has 1 spiro atoms. The van der Waals surface area contributed by atoms with Crippen molar-refractivity contribution in [1.82, 2.24) is 0 Å². The van der Waals surface area contributed by atoms with E-state index < -0.39 is 0 Å². The van der Waals surface area contributed by atoms with Gasteiger partial charge in [-0.05, 0) is 55.4 Å². The fraction of sp³-hybridized carbons (Fsp3) is 0.625. The van der Waals surface area contributed by atoms with E-state index >= 15 is 0 Å². The molecular weight excluding hydrogens is 398 g/mol. The summed E-state index contributed by atoms with van der Waals surface area (Å²) in [5.41, 5.74) is 7.77. The molecule has 2 saturated heterocycles. The standard InChI is InChI=1S/C16H21Br2NO2/c17-12-1-2-14(18)13(9-12)15(19)11-3-6-21-16(10-11)4-7-20-8-5-16/h1-2,9,11,15H,3-8,10,19H2. The summed E-state index contributed by atoms with van der Waals surface area (Å²) < 4.78 is 13.8. The maximum absolute atomic E-state index is 6.59. The number of ether oxygens (including phenoxy) is 2. The van der Waals surface area contributed by atoms with Gasteiger partial charge in [-0.25, -0.2) is 0 Å². The summed E-state index contributed by atoms with van der Waals surface area (Å²) in [4.78, 5) is 0. The predicted molar refractivity (Wildman–Crippen MR) is 90.2 cm³/mol. The van der Waals surface area contributed by atoms with E-state index in [1.165, 1.54) is 5.56 Å². The second-order valence-electron chi connectivity index (χ2n) is 6.09. The first kappa shape index (κ1) is 15.9. The van der Waals surface area contributed by atoms with Crippen molar-refractivity contribution < 1.29 is 9.47 Å². The van der Waals surface area contributed by atoms with Crippen LogP contribution < -0.4 is 5.73 Å². The van der Waals surface area contributed by atoms with Crippen LogP contribution >= 0.6 is 31.9 Å². The van der Waals surface area contributed by atoms with Crippen molar-refractivity contribution in [3.05, 3.63) is 32.7 Å². The Labute approximate surface area is 142 Å². The van der Waals surface area contributed by atoms with Crippen LogP contribution in [0.25, 0.3) is 0 Å². The number of hydrogen-bond acceptors (Lipinski definition) is 3. The normalized spacial score (nSPS) is 26.7. The Morgan fingerprint density at radius 1 is 1.19 bits per heavy atom. The first-order valence-electron chi connectivity index (χ1n) is 7.52. The minimum absolute atomic E-state index is 0.00270. The molecule has 5 heteroatoms. The zero-order valence-electron chi connectivity index (χ0n) is 12.0. The average molecular weight is 419 g/mol. The van der Waals surface area contributed by atoms with E-state index in [-0.39, 0.29) is 11.6 Å². The van der Waals surface area contributed by atoms with Crippen LogP contribution in [0.4, 0.5) is 0 Å². The molecule has 2 unspecified atom stereocenters. The molecule has 0 saturated carbocycles. The van der Waals surface area contributed by atoms with E-state index in [9.17, 15) is 0 Å². The molecule has 2 aliphatic heterocycles. The van der Waals surface area contributed by atoms with Crippen LogP contribution in [0.5, 0.6) is 0 Å². The Morgan fingerprint density at radius 3 is 2.71 bits per heavy atom. The molecule has 21 heavy (non-hydrogen) atoms. The SMILES string of the molecule is NC(c1cc(Br)ccc1Br)C1CCOC2(CCOCC2)C1. The lowest BCUT2D eigenvalue weighted by Gasteiger charge is -2.45. The Bertz CT molecular complexity index is 498. The molecule has 0 aromatic heterocycles. The van der Waals surface area contributed by atoms with Gasteiger partial charge in [0.05, 0.1) is 5.60 Å². The monoisotopic (exact) mass is 417 g/mol. The van der Waals surface area contributed by atoms with Gasteiger partial charge in [-0.1, -0.05) is 31.9 Å². The van der Waals surface area contributed by atoms with Crippen molar-refractivity contribution in [3.8, 4) is 0 Å². The highest BCUT2D eigenvalue weighted by Crippen LogP contribution is 2.42. The summed E-state index contributed by atoms with van der Waals surface area (Å²) in [6, 6.07) is 6.26. The predicted octanol–water partition coefficient (Wildman–Crippen LogP) is 4.19. The number of halogens is 2. The smallest absolute Gasteiger partial charge is 0.0729 e. The fourth-order valence-electron chi connectivity index (χ4n) is 3.49. The van der Waals surface area contributed by atoms with Crippen LogP contribution in [-0.4, -0.2) is 25.4 Å². The number of nitrogens with two attached hydrogens (primary N) is 1.